The summed E-state index contributed by atoms with van der Waals surface area (Å²) < 4.78 is 15.4. The molecular formula is C26H27NO7S. The van der Waals surface area contributed by atoms with Gasteiger partial charge in [-0.3, -0.25) is 9.59 Å². The summed E-state index contributed by atoms with van der Waals surface area (Å²) in [6.07, 6.45) is 3.56. The van der Waals surface area contributed by atoms with Crippen molar-refractivity contribution in [1.82, 2.24) is 0 Å². The molecule has 8 nitrogen and oxygen atoms in total. The second-order valence-corrected chi connectivity index (χ2v) is 8.52. The summed E-state index contributed by atoms with van der Waals surface area (Å²) in [5, 5.41) is 23.3. The zero-order chi connectivity index (χ0) is 25.4. The molecule has 184 valence electrons. The molecule has 3 rings (SSSR count). The first-order valence-electron chi connectivity index (χ1n) is 10.8. The Balaban J connectivity index is 1.98. The number of ketones is 1. The van der Waals surface area contributed by atoms with Crippen LogP contribution < -0.4 is 20.2 Å². The fraction of sp³-hybridized carbons (Fsp3) is 0.231. The van der Waals surface area contributed by atoms with E-state index < -0.39 is 11.2 Å². The highest BCUT2D eigenvalue weighted by atomic mass is 32.1. The molecule has 9 heteroatoms. The van der Waals surface area contributed by atoms with Crippen molar-refractivity contribution in [3.05, 3.63) is 69.9 Å². The Hall–Kier alpha value is -3.82. The van der Waals surface area contributed by atoms with Gasteiger partial charge < -0.3 is 29.7 Å². The molecule has 0 aliphatic rings. The van der Waals surface area contributed by atoms with Crippen LogP contribution in [0.15, 0.2) is 53.3 Å². The first-order chi connectivity index (χ1) is 16.9. The molecule has 0 saturated carbocycles. The highest BCUT2D eigenvalue weighted by molar-refractivity contribution is 7.19. The molecule has 0 aliphatic carbocycles. The van der Waals surface area contributed by atoms with Gasteiger partial charge in [0.15, 0.2) is 34.2 Å². The summed E-state index contributed by atoms with van der Waals surface area (Å²) in [4.78, 5) is 26.8. The Bertz CT molecular complexity index is 1280. The zero-order valence-electron chi connectivity index (χ0n) is 19.7. The summed E-state index contributed by atoms with van der Waals surface area (Å²) in [6, 6.07) is 10.9. The number of carbonyl (C=O) groups excluding carboxylic acids is 1. The Morgan fingerprint density at radius 1 is 1.00 bits per heavy atom. The van der Waals surface area contributed by atoms with Gasteiger partial charge in [0.25, 0.3) is 0 Å². The van der Waals surface area contributed by atoms with Crippen molar-refractivity contribution in [3.63, 3.8) is 0 Å². The van der Waals surface area contributed by atoms with Crippen molar-refractivity contribution >= 4 is 28.2 Å². The SMILES string of the molecule is COCCCNc1sc(-c2ccc(O)c(OC)c2)cc(=O)c1C(=O)C=Cc1ccc(O)c(OC)c1. The van der Waals surface area contributed by atoms with Crippen molar-refractivity contribution in [3.8, 4) is 33.4 Å². The Morgan fingerprint density at radius 2 is 1.69 bits per heavy atom. The number of carbonyl (C=O) groups is 1. The first kappa shape index (κ1) is 25.8. The third kappa shape index (κ3) is 6.40. The van der Waals surface area contributed by atoms with Crippen molar-refractivity contribution in [2.24, 2.45) is 0 Å². The molecule has 0 atom stereocenters. The topological polar surface area (TPSA) is 114 Å². The number of hydrogen-bond acceptors (Lipinski definition) is 9. The predicted molar refractivity (Wildman–Crippen MR) is 137 cm³/mol. The van der Waals surface area contributed by atoms with E-state index in [4.69, 9.17) is 14.2 Å². The molecule has 35 heavy (non-hydrogen) atoms. The number of phenolic OH excluding ortho intramolecular Hbond substituents is 2. The monoisotopic (exact) mass is 497 g/mol. The average Bonchev–Trinajstić information content (AvgIpc) is 2.86. The van der Waals surface area contributed by atoms with Gasteiger partial charge in [-0.05, 0) is 54.0 Å². The van der Waals surface area contributed by atoms with Gasteiger partial charge in [-0.1, -0.05) is 12.1 Å². The molecule has 0 radical (unpaired) electrons. The lowest BCUT2D eigenvalue weighted by molar-refractivity contribution is 0.104. The molecule has 3 N–H and O–H groups in total. The van der Waals surface area contributed by atoms with E-state index in [-0.39, 0.29) is 28.6 Å². The number of aromatic hydroxyl groups is 2. The van der Waals surface area contributed by atoms with Crippen LogP contribution in [-0.2, 0) is 4.74 Å². The van der Waals surface area contributed by atoms with E-state index in [2.05, 4.69) is 5.32 Å². The number of benzene rings is 2. The smallest absolute Gasteiger partial charge is 0.194 e. The molecule has 0 spiro atoms. The number of phenols is 2. The fourth-order valence-corrected chi connectivity index (χ4v) is 4.40. The third-order valence-corrected chi connectivity index (χ3v) is 6.23. The fourth-order valence-electron chi connectivity index (χ4n) is 3.30. The summed E-state index contributed by atoms with van der Waals surface area (Å²) in [5.41, 5.74) is 0.904. The highest BCUT2D eigenvalue weighted by Gasteiger charge is 2.18. The lowest BCUT2D eigenvalue weighted by Gasteiger charge is -2.12. The number of methoxy groups -OCH3 is 3. The van der Waals surface area contributed by atoms with E-state index in [1.807, 2.05) is 0 Å². The molecule has 1 aromatic heterocycles. The van der Waals surface area contributed by atoms with Gasteiger partial charge in [0.2, 0.25) is 0 Å². The maximum Gasteiger partial charge on any atom is 0.194 e. The number of hydrogen-bond donors (Lipinski definition) is 3. The summed E-state index contributed by atoms with van der Waals surface area (Å²) in [5.74, 6) is 0.0833. The van der Waals surface area contributed by atoms with Crippen LogP contribution in [-0.4, -0.2) is 50.5 Å². The van der Waals surface area contributed by atoms with E-state index in [1.165, 1.54) is 49.8 Å². The molecule has 0 aliphatic heterocycles. The lowest BCUT2D eigenvalue weighted by Crippen LogP contribution is -2.17. The van der Waals surface area contributed by atoms with E-state index in [1.54, 1.807) is 37.5 Å². The second kappa shape index (κ2) is 12.0. The van der Waals surface area contributed by atoms with Crippen LogP contribution in [0.2, 0.25) is 0 Å². The van der Waals surface area contributed by atoms with Crippen LogP contribution in [0.25, 0.3) is 16.5 Å². The van der Waals surface area contributed by atoms with Crippen LogP contribution in [0.3, 0.4) is 0 Å². The van der Waals surface area contributed by atoms with Crippen molar-refractivity contribution in [1.29, 1.82) is 0 Å². The predicted octanol–water partition coefficient (Wildman–Crippen LogP) is 4.55. The summed E-state index contributed by atoms with van der Waals surface area (Å²) in [6.45, 7) is 1.04. The van der Waals surface area contributed by atoms with Gasteiger partial charge >= 0.3 is 0 Å². The Kier molecular flexibility index (Phi) is 8.88. The average molecular weight is 498 g/mol. The van der Waals surface area contributed by atoms with E-state index in [0.29, 0.717) is 40.6 Å². The molecule has 0 saturated heterocycles. The quantitative estimate of drug-likeness (QED) is 0.201. The molecule has 0 fully saturated rings. The number of ether oxygens (including phenoxy) is 3. The molecule has 0 amide bonds. The Labute approximate surface area is 207 Å². The normalized spacial score (nSPS) is 10.9. The van der Waals surface area contributed by atoms with Gasteiger partial charge in [-0.15, -0.1) is 11.3 Å². The van der Waals surface area contributed by atoms with E-state index >= 15 is 0 Å². The summed E-state index contributed by atoms with van der Waals surface area (Å²) >= 11 is 1.26. The van der Waals surface area contributed by atoms with Gasteiger partial charge in [-0.25, -0.2) is 0 Å². The highest BCUT2D eigenvalue weighted by Crippen LogP contribution is 2.35. The first-order valence-corrected chi connectivity index (χ1v) is 11.6. The van der Waals surface area contributed by atoms with Crippen LogP contribution in [0.1, 0.15) is 22.3 Å². The molecular weight excluding hydrogens is 470 g/mol. The number of rotatable bonds is 11. The third-order valence-electron chi connectivity index (χ3n) is 5.10. The molecule has 0 unspecified atom stereocenters. The number of allylic oxidation sites excluding steroid dienone is 1. The van der Waals surface area contributed by atoms with E-state index in [9.17, 15) is 19.8 Å². The van der Waals surface area contributed by atoms with E-state index in [0.717, 1.165) is 0 Å². The molecule has 1 heterocycles. The van der Waals surface area contributed by atoms with Crippen molar-refractivity contribution in [2.45, 2.75) is 6.42 Å². The maximum absolute atomic E-state index is 13.1. The van der Waals surface area contributed by atoms with Gasteiger partial charge in [0.05, 0.1) is 14.2 Å². The van der Waals surface area contributed by atoms with Crippen molar-refractivity contribution < 1.29 is 29.2 Å². The molecule has 3 aromatic rings. The van der Waals surface area contributed by atoms with Crippen molar-refractivity contribution in [2.75, 3.05) is 39.8 Å². The minimum atomic E-state index is -0.456. The van der Waals surface area contributed by atoms with Crippen LogP contribution in [0.5, 0.6) is 23.0 Å². The Morgan fingerprint density at radius 3 is 2.37 bits per heavy atom. The lowest BCUT2D eigenvalue weighted by atomic mass is 10.1. The second-order valence-electron chi connectivity index (χ2n) is 7.47. The molecule has 2 aromatic carbocycles. The maximum atomic E-state index is 13.1. The van der Waals surface area contributed by atoms with Gasteiger partial charge in [0.1, 0.15) is 10.6 Å². The largest absolute Gasteiger partial charge is 0.504 e. The molecule has 0 bridgehead atoms. The minimum absolute atomic E-state index is 0.00990. The summed E-state index contributed by atoms with van der Waals surface area (Å²) in [7, 11) is 4.49. The zero-order valence-corrected chi connectivity index (χ0v) is 20.5. The van der Waals surface area contributed by atoms with Crippen LogP contribution in [0.4, 0.5) is 5.00 Å². The minimum Gasteiger partial charge on any atom is -0.504 e. The standard InChI is InChI=1S/C26H27NO7S/c1-32-12-4-11-27-26-25(20(30)9-6-16-5-8-18(28)22(13-16)33-2)21(31)15-24(35-26)17-7-10-19(29)23(14-17)34-3/h5-10,13-15,27-29H,4,11-12H2,1-3H3. The van der Waals surface area contributed by atoms with Crippen LogP contribution in [0, 0.1) is 0 Å². The number of anilines is 1. The van der Waals surface area contributed by atoms with Gasteiger partial charge in [0, 0.05) is 31.2 Å². The van der Waals surface area contributed by atoms with Crippen LogP contribution >= 0.6 is 11.3 Å². The van der Waals surface area contributed by atoms with Gasteiger partial charge in [-0.2, -0.15) is 0 Å². The number of nitrogens with one attached hydrogen (secondary N) is 1.